The summed E-state index contributed by atoms with van der Waals surface area (Å²) < 4.78 is 0. The van der Waals surface area contributed by atoms with Crippen molar-refractivity contribution >= 4 is 11.7 Å². The van der Waals surface area contributed by atoms with Crippen molar-refractivity contribution in [1.29, 1.82) is 10.5 Å². The van der Waals surface area contributed by atoms with Gasteiger partial charge in [0.2, 0.25) is 0 Å². The predicted octanol–water partition coefficient (Wildman–Crippen LogP) is 1.07. The van der Waals surface area contributed by atoms with Crippen molar-refractivity contribution < 1.29 is 9.63 Å². The van der Waals surface area contributed by atoms with Gasteiger partial charge >= 0.3 is 5.97 Å². The van der Waals surface area contributed by atoms with E-state index in [9.17, 15) is 4.79 Å². The Morgan fingerprint density at radius 1 is 1.50 bits per heavy atom. The van der Waals surface area contributed by atoms with E-state index in [0.717, 1.165) is 0 Å². The van der Waals surface area contributed by atoms with Gasteiger partial charge in [0.25, 0.3) is 5.71 Å². The molecule has 0 atom stereocenters. The van der Waals surface area contributed by atoms with Crippen LogP contribution in [0.2, 0.25) is 0 Å². The summed E-state index contributed by atoms with van der Waals surface area (Å²) in [6.07, 6.45) is 4.61. The lowest BCUT2D eigenvalue weighted by Gasteiger charge is -1.90. The summed E-state index contributed by atoms with van der Waals surface area (Å²) in [5, 5.41) is 19.5. The first-order valence-corrected chi connectivity index (χ1v) is 3.60. The minimum absolute atomic E-state index is 0.0135. The van der Waals surface area contributed by atoms with Crippen molar-refractivity contribution in [1.82, 2.24) is 0 Å². The molecule has 5 heteroatoms. The third kappa shape index (κ3) is 5.28. The van der Waals surface area contributed by atoms with E-state index in [-0.39, 0.29) is 6.42 Å². The molecule has 0 bridgehead atoms. The molecule has 0 saturated heterocycles. The first kappa shape index (κ1) is 11.6. The van der Waals surface area contributed by atoms with E-state index >= 15 is 0 Å². The highest BCUT2D eigenvalue weighted by atomic mass is 16.7. The molecule has 0 saturated carbocycles. The molecule has 0 amide bonds. The number of oxime groups is 1. The fourth-order valence-corrected chi connectivity index (χ4v) is 0.460. The third-order valence-electron chi connectivity index (χ3n) is 1.01. The van der Waals surface area contributed by atoms with Crippen LogP contribution in [0, 0.1) is 22.7 Å². The molecule has 0 unspecified atom stereocenters. The van der Waals surface area contributed by atoms with E-state index in [1.54, 1.807) is 6.08 Å². The van der Waals surface area contributed by atoms with E-state index in [4.69, 9.17) is 10.5 Å². The Morgan fingerprint density at radius 3 is 2.64 bits per heavy atom. The third-order valence-corrected chi connectivity index (χ3v) is 1.01. The van der Waals surface area contributed by atoms with E-state index < -0.39 is 11.7 Å². The van der Waals surface area contributed by atoms with Crippen LogP contribution in [0.4, 0.5) is 0 Å². The number of hydrogen-bond acceptors (Lipinski definition) is 5. The van der Waals surface area contributed by atoms with Gasteiger partial charge in [-0.1, -0.05) is 30.0 Å². The standard InChI is InChI=1S/C9H7N3O2/c1-2-3-4-5-9(13)14-12-8(6-10)7-11/h2-4H,1,5H2/b4-3+. The molecule has 70 valence electrons. The maximum absolute atomic E-state index is 10.8. The molecule has 0 aliphatic rings. The molecule has 5 nitrogen and oxygen atoms in total. The quantitative estimate of drug-likeness (QED) is 0.286. The Hall–Kier alpha value is -2.40. The predicted molar refractivity (Wildman–Crippen MR) is 48.7 cm³/mol. The molecule has 0 aliphatic heterocycles. The Labute approximate surface area is 81.2 Å². The molecule has 0 aliphatic carbocycles. The molecular weight excluding hydrogens is 182 g/mol. The van der Waals surface area contributed by atoms with Crippen LogP contribution >= 0.6 is 0 Å². The SMILES string of the molecule is C=C/C=C/CC(=O)ON=C(C#N)C#N. The highest BCUT2D eigenvalue weighted by molar-refractivity contribution is 6.10. The Morgan fingerprint density at radius 2 is 2.14 bits per heavy atom. The smallest absolute Gasteiger partial charge is 0.316 e. The molecule has 0 aromatic carbocycles. The highest BCUT2D eigenvalue weighted by Crippen LogP contribution is 1.90. The Kier molecular flexibility index (Phi) is 6.02. The zero-order valence-electron chi connectivity index (χ0n) is 7.30. The van der Waals surface area contributed by atoms with E-state index in [2.05, 4.69) is 16.6 Å². The van der Waals surface area contributed by atoms with Crippen LogP contribution < -0.4 is 0 Å². The van der Waals surface area contributed by atoms with Gasteiger partial charge in [0.1, 0.15) is 12.1 Å². The summed E-state index contributed by atoms with van der Waals surface area (Å²) in [5.41, 5.74) is -0.494. The summed E-state index contributed by atoms with van der Waals surface area (Å²) in [5.74, 6) is -0.647. The van der Waals surface area contributed by atoms with E-state index in [0.29, 0.717) is 0 Å². The van der Waals surface area contributed by atoms with Gasteiger partial charge in [0.05, 0.1) is 6.42 Å². The monoisotopic (exact) mass is 189 g/mol. The van der Waals surface area contributed by atoms with Gasteiger partial charge in [0.15, 0.2) is 0 Å². The molecule has 14 heavy (non-hydrogen) atoms. The summed E-state index contributed by atoms with van der Waals surface area (Å²) in [7, 11) is 0. The van der Waals surface area contributed by atoms with E-state index in [1.165, 1.54) is 24.3 Å². The lowest BCUT2D eigenvalue weighted by atomic mass is 10.4. The number of carbonyl (C=O) groups is 1. The van der Waals surface area contributed by atoms with Crippen LogP contribution in [-0.4, -0.2) is 11.7 Å². The van der Waals surface area contributed by atoms with Crippen molar-refractivity contribution in [2.24, 2.45) is 5.16 Å². The maximum atomic E-state index is 10.8. The normalized spacial score (nSPS) is 8.43. The van der Waals surface area contributed by atoms with Gasteiger partial charge < -0.3 is 4.84 Å². The van der Waals surface area contributed by atoms with Gasteiger partial charge in [-0.25, -0.2) is 4.79 Å². The Balaban J connectivity index is 4.04. The summed E-state index contributed by atoms with van der Waals surface area (Å²) in [6, 6.07) is 2.90. The second-order valence-corrected chi connectivity index (χ2v) is 1.99. The maximum Gasteiger partial charge on any atom is 0.338 e. The van der Waals surface area contributed by atoms with Crippen LogP contribution in [0.15, 0.2) is 30.0 Å². The van der Waals surface area contributed by atoms with Gasteiger partial charge in [-0.05, 0) is 0 Å². The van der Waals surface area contributed by atoms with E-state index in [1.807, 2.05) is 0 Å². The minimum Gasteiger partial charge on any atom is -0.316 e. The van der Waals surface area contributed by atoms with Gasteiger partial charge in [-0.3, -0.25) is 0 Å². The van der Waals surface area contributed by atoms with Crippen molar-refractivity contribution in [2.75, 3.05) is 0 Å². The highest BCUT2D eigenvalue weighted by Gasteiger charge is 2.00. The largest absolute Gasteiger partial charge is 0.338 e. The lowest BCUT2D eigenvalue weighted by molar-refractivity contribution is -0.142. The molecular formula is C9H7N3O2. The molecule has 0 fully saturated rings. The first-order valence-electron chi connectivity index (χ1n) is 3.60. The molecule has 0 N–H and O–H groups in total. The van der Waals surface area contributed by atoms with Crippen LogP contribution in [0.3, 0.4) is 0 Å². The number of rotatable bonds is 4. The number of carbonyl (C=O) groups excluding carboxylic acids is 1. The lowest BCUT2D eigenvalue weighted by Crippen LogP contribution is -2.00. The fraction of sp³-hybridized carbons (Fsp3) is 0.111. The molecule has 0 heterocycles. The van der Waals surface area contributed by atoms with Crippen LogP contribution in [0.25, 0.3) is 0 Å². The van der Waals surface area contributed by atoms with Gasteiger partial charge in [-0.15, -0.1) is 0 Å². The van der Waals surface area contributed by atoms with Crippen LogP contribution in [0.1, 0.15) is 6.42 Å². The van der Waals surface area contributed by atoms with Crippen LogP contribution in [0.5, 0.6) is 0 Å². The molecule has 0 aromatic rings. The fourth-order valence-electron chi connectivity index (χ4n) is 0.460. The average molecular weight is 189 g/mol. The zero-order valence-corrected chi connectivity index (χ0v) is 7.30. The molecule has 0 aromatic heterocycles. The van der Waals surface area contributed by atoms with Crippen LogP contribution in [-0.2, 0) is 9.63 Å². The average Bonchev–Trinajstić information content (AvgIpc) is 2.20. The molecule has 0 radical (unpaired) electrons. The molecule has 0 spiro atoms. The Bertz CT molecular complexity index is 339. The van der Waals surface area contributed by atoms with Crippen molar-refractivity contribution in [3.05, 3.63) is 24.8 Å². The topological polar surface area (TPSA) is 86.2 Å². The van der Waals surface area contributed by atoms with Gasteiger partial charge in [-0.2, -0.15) is 10.5 Å². The second-order valence-electron chi connectivity index (χ2n) is 1.99. The first-order chi connectivity index (χ1) is 6.74. The number of hydrogen-bond donors (Lipinski definition) is 0. The number of allylic oxidation sites excluding steroid dienone is 2. The van der Waals surface area contributed by atoms with Gasteiger partial charge in [0, 0.05) is 0 Å². The number of nitriles is 2. The second kappa shape index (κ2) is 7.26. The minimum atomic E-state index is -0.647. The van der Waals surface area contributed by atoms with Crippen molar-refractivity contribution in [3.63, 3.8) is 0 Å². The zero-order chi connectivity index (χ0) is 10.8. The van der Waals surface area contributed by atoms with Crippen molar-refractivity contribution in [2.45, 2.75) is 6.42 Å². The summed E-state index contributed by atoms with van der Waals surface area (Å²) in [6.45, 7) is 3.41. The number of nitrogens with zero attached hydrogens (tertiary/aromatic N) is 3. The molecule has 0 rings (SSSR count). The summed E-state index contributed by atoms with van der Waals surface area (Å²) in [4.78, 5) is 15.1. The van der Waals surface area contributed by atoms with Crippen molar-refractivity contribution in [3.8, 4) is 12.1 Å². The summed E-state index contributed by atoms with van der Waals surface area (Å²) >= 11 is 0.